The lowest BCUT2D eigenvalue weighted by Crippen LogP contribution is -2.46. The van der Waals surface area contributed by atoms with Crippen LogP contribution in [-0.2, 0) is 11.2 Å². The fourth-order valence-corrected chi connectivity index (χ4v) is 3.96. The van der Waals surface area contributed by atoms with Crippen LogP contribution >= 0.6 is 0 Å². The first-order valence-corrected chi connectivity index (χ1v) is 8.12. The molecule has 0 radical (unpaired) electrons. The van der Waals surface area contributed by atoms with Crippen LogP contribution in [0.1, 0.15) is 56.1 Å². The largest absolute Gasteiger partial charge is 0.378 e. The fourth-order valence-electron chi connectivity index (χ4n) is 3.96. The second-order valence-electron chi connectivity index (χ2n) is 6.53. The molecule has 1 N–H and O–H groups in total. The summed E-state index contributed by atoms with van der Waals surface area (Å²) in [6, 6.07) is 9.51. The Kier molecular flexibility index (Phi) is 4.13. The molecule has 20 heavy (non-hydrogen) atoms. The van der Waals surface area contributed by atoms with Gasteiger partial charge in [-0.25, -0.2) is 0 Å². The third-order valence-electron chi connectivity index (χ3n) is 5.34. The second kappa shape index (κ2) is 5.87. The maximum absolute atomic E-state index is 5.81. The molecule has 0 amide bonds. The quantitative estimate of drug-likeness (QED) is 0.818. The minimum absolute atomic E-state index is 0.177. The molecule has 2 atom stereocenters. The molecule has 2 unspecified atom stereocenters. The number of hydrogen-bond acceptors (Lipinski definition) is 2. The summed E-state index contributed by atoms with van der Waals surface area (Å²) in [5.41, 5.74) is 3.31. The Bertz CT molecular complexity index is 447. The van der Waals surface area contributed by atoms with E-state index in [1.54, 1.807) is 11.1 Å². The summed E-state index contributed by atoms with van der Waals surface area (Å²) in [7, 11) is 1.89. The summed E-state index contributed by atoms with van der Waals surface area (Å²) in [6.45, 7) is 3.26. The zero-order valence-electron chi connectivity index (χ0n) is 12.8. The average Bonchev–Trinajstić information content (AvgIpc) is 2.40. The average molecular weight is 273 g/mol. The molecule has 0 aliphatic heterocycles. The van der Waals surface area contributed by atoms with Gasteiger partial charge in [-0.15, -0.1) is 0 Å². The molecular formula is C18H27NO. The summed E-state index contributed by atoms with van der Waals surface area (Å²) in [5, 5.41) is 3.69. The van der Waals surface area contributed by atoms with E-state index >= 15 is 0 Å². The van der Waals surface area contributed by atoms with Crippen molar-refractivity contribution in [3.63, 3.8) is 0 Å². The Hall–Kier alpha value is -0.860. The highest BCUT2D eigenvalue weighted by Crippen LogP contribution is 2.42. The Balaban J connectivity index is 1.61. The first-order valence-electron chi connectivity index (χ1n) is 8.12. The fraction of sp³-hybridized carbons (Fsp3) is 0.667. The Morgan fingerprint density at radius 3 is 2.75 bits per heavy atom. The van der Waals surface area contributed by atoms with Crippen molar-refractivity contribution in [2.45, 2.75) is 63.0 Å². The predicted octanol–water partition coefficient (Wildman–Crippen LogP) is 3.65. The van der Waals surface area contributed by atoms with Crippen LogP contribution < -0.4 is 5.32 Å². The normalized spacial score (nSPS) is 24.4. The van der Waals surface area contributed by atoms with Crippen LogP contribution in [-0.4, -0.2) is 25.3 Å². The number of nitrogens with one attached hydrogen (secondary N) is 1. The second-order valence-corrected chi connectivity index (χ2v) is 6.53. The number of rotatable bonds is 7. The molecule has 3 rings (SSSR count). The van der Waals surface area contributed by atoms with Crippen LogP contribution in [0.4, 0.5) is 0 Å². The van der Waals surface area contributed by atoms with Crippen molar-refractivity contribution in [3.8, 4) is 0 Å². The molecule has 110 valence electrons. The molecule has 2 nitrogen and oxygen atoms in total. The van der Waals surface area contributed by atoms with Crippen molar-refractivity contribution in [1.29, 1.82) is 0 Å². The lowest BCUT2D eigenvalue weighted by molar-refractivity contribution is -0.0842. The summed E-state index contributed by atoms with van der Waals surface area (Å²) >= 11 is 0. The molecule has 2 aliphatic rings. The van der Waals surface area contributed by atoms with Gasteiger partial charge in [-0.3, -0.25) is 0 Å². The maximum atomic E-state index is 5.81. The number of hydrogen-bond donors (Lipinski definition) is 1. The first-order chi connectivity index (χ1) is 9.76. The van der Waals surface area contributed by atoms with E-state index in [2.05, 4.69) is 36.5 Å². The van der Waals surface area contributed by atoms with E-state index in [1.165, 1.54) is 38.5 Å². The van der Waals surface area contributed by atoms with Crippen molar-refractivity contribution in [3.05, 3.63) is 35.4 Å². The van der Waals surface area contributed by atoms with Crippen molar-refractivity contribution >= 4 is 0 Å². The molecule has 1 aromatic rings. The highest BCUT2D eigenvalue weighted by molar-refractivity contribution is 5.39. The van der Waals surface area contributed by atoms with E-state index in [0.717, 1.165) is 12.5 Å². The molecule has 0 saturated heterocycles. The van der Waals surface area contributed by atoms with E-state index in [9.17, 15) is 0 Å². The molecular weight excluding hydrogens is 246 g/mol. The van der Waals surface area contributed by atoms with Gasteiger partial charge in [0.15, 0.2) is 0 Å². The van der Waals surface area contributed by atoms with E-state index in [4.69, 9.17) is 4.74 Å². The van der Waals surface area contributed by atoms with Gasteiger partial charge < -0.3 is 10.1 Å². The van der Waals surface area contributed by atoms with E-state index in [-0.39, 0.29) is 5.60 Å². The van der Waals surface area contributed by atoms with Crippen LogP contribution in [0.5, 0.6) is 0 Å². The summed E-state index contributed by atoms with van der Waals surface area (Å²) in [5.74, 6) is 0.754. The minimum atomic E-state index is 0.177. The first kappa shape index (κ1) is 14.1. The zero-order valence-corrected chi connectivity index (χ0v) is 12.8. The van der Waals surface area contributed by atoms with Crippen LogP contribution in [0, 0.1) is 0 Å². The third kappa shape index (κ3) is 2.64. The Morgan fingerprint density at radius 2 is 2.15 bits per heavy atom. The van der Waals surface area contributed by atoms with E-state index < -0.39 is 0 Å². The summed E-state index contributed by atoms with van der Waals surface area (Å²) in [6.07, 6.45) is 7.52. The van der Waals surface area contributed by atoms with Crippen LogP contribution in [0.25, 0.3) is 0 Å². The Morgan fingerprint density at radius 1 is 1.35 bits per heavy atom. The SMILES string of the molecule is CCNC(CC1Cc2ccccc21)CC1(OC)CCC1. The van der Waals surface area contributed by atoms with Gasteiger partial charge in [-0.2, -0.15) is 0 Å². The molecule has 1 aromatic carbocycles. The van der Waals surface area contributed by atoms with Crippen LogP contribution in [0.2, 0.25) is 0 Å². The zero-order chi connectivity index (χ0) is 14.0. The molecule has 0 heterocycles. The van der Waals surface area contributed by atoms with Crippen LogP contribution in [0.3, 0.4) is 0 Å². The summed E-state index contributed by atoms with van der Waals surface area (Å²) in [4.78, 5) is 0. The summed E-state index contributed by atoms with van der Waals surface area (Å²) < 4.78 is 5.81. The molecule has 1 saturated carbocycles. The number of benzene rings is 1. The molecule has 0 spiro atoms. The van der Waals surface area contributed by atoms with Gasteiger partial charge in [0.1, 0.15) is 0 Å². The number of methoxy groups -OCH3 is 1. The van der Waals surface area contributed by atoms with Crippen molar-refractivity contribution < 1.29 is 4.74 Å². The van der Waals surface area contributed by atoms with Gasteiger partial charge >= 0.3 is 0 Å². The molecule has 2 heteroatoms. The minimum Gasteiger partial charge on any atom is -0.378 e. The van der Waals surface area contributed by atoms with Gasteiger partial charge in [0.25, 0.3) is 0 Å². The van der Waals surface area contributed by atoms with Crippen molar-refractivity contribution in [2.75, 3.05) is 13.7 Å². The van der Waals surface area contributed by atoms with Gasteiger partial charge in [0.05, 0.1) is 5.60 Å². The third-order valence-corrected chi connectivity index (χ3v) is 5.34. The lowest BCUT2D eigenvalue weighted by atomic mass is 9.70. The van der Waals surface area contributed by atoms with Crippen LogP contribution in [0.15, 0.2) is 24.3 Å². The van der Waals surface area contributed by atoms with Gasteiger partial charge in [0.2, 0.25) is 0 Å². The lowest BCUT2D eigenvalue weighted by Gasteiger charge is -2.44. The molecule has 0 bridgehead atoms. The smallest absolute Gasteiger partial charge is 0.0693 e. The molecule has 2 aliphatic carbocycles. The standard InChI is InChI=1S/C18H27NO/c1-3-19-16(13-18(20-2)9-6-10-18)12-15-11-14-7-4-5-8-17(14)15/h4-5,7-8,15-16,19H,3,6,9-13H2,1-2H3. The number of fused-ring (bicyclic) bond motifs is 1. The highest BCUT2D eigenvalue weighted by atomic mass is 16.5. The molecule has 0 aromatic heterocycles. The van der Waals surface area contributed by atoms with E-state index in [1.807, 2.05) is 7.11 Å². The predicted molar refractivity (Wildman–Crippen MR) is 83.2 cm³/mol. The van der Waals surface area contributed by atoms with Gasteiger partial charge in [-0.05, 0) is 62.1 Å². The van der Waals surface area contributed by atoms with Crippen molar-refractivity contribution in [2.24, 2.45) is 0 Å². The highest BCUT2D eigenvalue weighted by Gasteiger charge is 2.40. The molecule has 1 fully saturated rings. The van der Waals surface area contributed by atoms with Gasteiger partial charge in [0, 0.05) is 13.2 Å². The Labute approximate surface area is 122 Å². The van der Waals surface area contributed by atoms with E-state index in [0.29, 0.717) is 6.04 Å². The maximum Gasteiger partial charge on any atom is 0.0693 e. The number of ether oxygens (including phenoxy) is 1. The monoisotopic (exact) mass is 273 g/mol. The van der Waals surface area contributed by atoms with Gasteiger partial charge in [-0.1, -0.05) is 31.2 Å². The topological polar surface area (TPSA) is 21.3 Å². The van der Waals surface area contributed by atoms with Crippen molar-refractivity contribution in [1.82, 2.24) is 5.32 Å².